The van der Waals surface area contributed by atoms with Crippen LogP contribution in [0.3, 0.4) is 0 Å². The van der Waals surface area contributed by atoms with Crippen molar-refractivity contribution in [3.63, 3.8) is 0 Å². The SMILES string of the molecule is COc1c(F)cccc1C(=O)NC[C@@H]1CCN(Cc2ccccn2)C1. The Labute approximate surface area is 146 Å². The molecule has 1 atom stereocenters. The predicted octanol–water partition coefficient (Wildman–Crippen LogP) is 2.48. The Morgan fingerprint density at radius 3 is 3.00 bits per heavy atom. The minimum atomic E-state index is -0.530. The summed E-state index contributed by atoms with van der Waals surface area (Å²) in [7, 11) is 1.36. The largest absolute Gasteiger partial charge is 0.493 e. The minimum Gasteiger partial charge on any atom is -0.493 e. The van der Waals surface area contributed by atoms with Crippen molar-refractivity contribution in [1.29, 1.82) is 0 Å². The first-order valence-corrected chi connectivity index (χ1v) is 8.40. The number of halogens is 1. The van der Waals surface area contributed by atoms with Crippen molar-refractivity contribution in [2.24, 2.45) is 5.92 Å². The molecule has 2 aromatic rings. The summed E-state index contributed by atoms with van der Waals surface area (Å²) >= 11 is 0. The molecule has 0 aliphatic carbocycles. The molecular weight excluding hydrogens is 321 g/mol. The summed E-state index contributed by atoms with van der Waals surface area (Å²) in [6, 6.07) is 10.3. The minimum absolute atomic E-state index is 0.0109. The first-order chi connectivity index (χ1) is 12.2. The maximum Gasteiger partial charge on any atom is 0.255 e. The van der Waals surface area contributed by atoms with E-state index in [1.807, 2.05) is 18.2 Å². The molecule has 0 saturated carbocycles. The number of carbonyl (C=O) groups is 1. The van der Waals surface area contributed by atoms with Crippen LogP contribution in [0.2, 0.25) is 0 Å². The Hall–Kier alpha value is -2.47. The number of aromatic nitrogens is 1. The summed E-state index contributed by atoms with van der Waals surface area (Å²) in [5.74, 6) is -0.465. The van der Waals surface area contributed by atoms with Crippen LogP contribution in [0.25, 0.3) is 0 Å². The van der Waals surface area contributed by atoms with E-state index in [1.165, 1.54) is 19.2 Å². The van der Waals surface area contributed by atoms with Crippen LogP contribution in [-0.2, 0) is 6.54 Å². The van der Waals surface area contributed by atoms with Gasteiger partial charge in [0.25, 0.3) is 5.91 Å². The number of likely N-dealkylation sites (tertiary alicyclic amines) is 1. The van der Waals surface area contributed by atoms with Crippen LogP contribution in [0.4, 0.5) is 4.39 Å². The van der Waals surface area contributed by atoms with E-state index in [0.29, 0.717) is 12.5 Å². The Balaban J connectivity index is 1.51. The lowest BCUT2D eigenvalue weighted by atomic mass is 10.1. The second kappa shape index (κ2) is 8.07. The summed E-state index contributed by atoms with van der Waals surface area (Å²) in [5.41, 5.74) is 1.28. The Bertz CT molecular complexity index is 724. The van der Waals surface area contributed by atoms with Gasteiger partial charge in [0.2, 0.25) is 0 Å². The highest BCUT2D eigenvalue weighted by Crippen LogP contribution is 2.22. The molecule has 1 aromatic carbocycles. The first-order valence-electron chi connectivity index (χ1n) is 8.40. The maximum absolute atomic E-state index is 13.7. The molecule has 1 aromatic heterocycles. The maximum atomic E-state index is 13.7. The van der Waals surface area contributed by atoms with E-state index < -0.39 is 5.82 Å². The van der Waals surface area contributed by atoms with Crippen LogP contribution in [0.1, 0.15) is 22.5 Å². The number of amides is 1. The van der Waals surface area contributed by atoms with E-state index in [-0.39, 0.29) is 17.2 Å². The van der Waals surface area contributed by atoms with Crippen LogP contribution in [0.5, 0.6) is 5.75 Å². The molecular formula is C19H22FN3O2. The lowest BCUT2D eigenvalue weighted by molar-refractivity contribution is 0.0943. The number of carbonyl (C=O) groups excluding carboxylic acids is 1. The average Bonchev–Trinajstić information content (AvgIpc) is 3.07. The molecule has 6 heteroatoms. The van der Waals surface area contributed by atoms with E-state index in [2.05, 4.69) is 15.2 Å². The zero-order valence-electron chi connectivity index (χ0n) is 14.2. The fraction of sp³-hybridized carbons (Fsp3) is 0.368. The van der Waals surface area contributed by atoms with Crippen molar-refractivity contribution in [3.8, 4) is 5.75 Å². The van der Waals surface area contributed by atoms with E-state index in [1.54, 1.807) is 12.3 Å². The van der Waals surface area contributed by atoms with Gasteiger partial charge in [-0.15, -0.1) is 0 Å². The number of nitrogens with one attached hydrogen (secondary N) is 1. The van der Waals surface area contributed by atoms with E-state index in [9.17, 15) is 9.18 Å². The van der Waals surface area contributed by atoms with Crippen molar-refractivity contribution < 1.29 is 13.9 Å². The van der Waals surface area contributed by atoms with Gasteiger partial charge in [0, 0.05) is 25.8 Å². The fourth-order valence-electron chi connectivity index (χ4n) is 3.17. The summed E-state index contributed by atoms with van der Waals surface area (Å²) in [5, 5.41) is 2.90. The molecule has 3 rings (SSSR count). The molecule has 2 heterocycles. The summed E-state index contributed by atoms with van der Waals surface area (Å²) in [6.07, 6.45) is 2.82. The quantitative estimate of drug-likeness (QED) is 0.875. The Morgan fingerprint density at radius 2 is 2.24 bits per heavy atom. The standard InChI is InChI=1S/C19H22FN3O2/c1-25-18-16(6-4-7-17(18)20)19(24)22-11-14-8-10-23(12-14)13-15-5-2-3-9-21-15/h2-7,9,14H,8,10-13H2,1H3,(H,22,24)/t14-/m0/s1. The molecule has 1 saturated heterocycles. The van der Waals surface area contributed by atoms with Gasteiger partial charge >= 0.3 is 0 Å². The number of ether oxygens (including phenoxy) is 1. The molecule has 1 fully saturated rings. The molecule has 0 radical (unpaired) electrons. The fourth-order valence-corrected chi connectivity index (χ4v) is 3.17. The van der Waals surface area contributed by atoms with Gasteiger partial charge in [0.1, 0.15) is 0 Å². The molecule has 5 nitrogen and oxygen atoms in total. The normalized spacial score (nSPS) is 17.4. The van der Waals surface area contributed by atoms with Gasteiger partial charge < -0.3 is 10.1 Å². The predicted molar refractivity (Wildman–Crippen MR) is 92.9 cm³/mol. The molecule has 0 spiro atoms. The monoisotopic (exact) mass is 343 g/mol. The van der Waals surface area contributed by atoms with Crippen molar-refractivity contribution in [2.45, 2.75) is 13.0 Å². The van der Waals surface area contributed by atoms with Crippen molar-refractivity contribution in [2.75, 3.05) is 26.7 Å². The molecule has 25 heavy (non-hydrogen) atoms. The highest BCUT2D eigenvalue weighted by molar-refractivity contribution is 5.96. The number of hydrogen-bond acceptors (Lipinski definition) is 4. The van der Waals surface area contributed by atoms with Gasteiger partial charge in [-0.25, -0.2) is 4.39 Å². The topological polar surface area (TPSA) is 54.5 Å². The molecule has 0 unspecified atom stereocenters. The summed E-state index contributed by atoms with van der Waals surface area (Å²) in [4.78, 5) is 19.0. The zero-order valence-corrected chi connectivity index (χ0v) is 14.2. The van der Waals surface area contributed by atoms with E-state index >= 15 is 0 Å². The number of nitrogens with zero attached hydrogens (tertiary/aromatic N) is 2. The van der Waals surface area contributed by atoms with Gasteiger partial charge in [-0.2, -0.15) is 0 Å². The van der Waals surface area contributed by atoms with Gasteiger partial charge in [-0.05, 0) is 43.1 Å². The Morgan fingerprint density at radius 1 is 1.36 bits per heavy atom. The van der Waals surface area contributed by atoms with Crippen LogP contribution < -0.4 is 10.1 Å². The highest BCUT2D eigenvalue weighted by Gasteiger charge is 2.24. The molecule has 1 N–H and O–H groups in total. The third kappa shape index (κ3) is 4.33. The number of pyridine rings is 1. The third-order valence-electron chi connectivity index (χ3n) is 4.45. The second-order valence-electron chi connectivity index (χ2n) is 6.24. The number of hydrogen-bond donors (Lipinski definition) is 1. The van der Waals surface area contributed by atoms with Crippen molar-refractivity contribution in [3.05, 3.63) is 59.7 Å². The summed E-state index contributed by atoms with van der Waals surface area (Å²) in [6.45, 7) is 3.29. The first kappa shape index (κ1) is 17.4. The molecule has 0 bridgehead atoms. The molecule has 1 aliphatic heterocycles. The second-order valence-corrected chi connectivity index (χ2v) is 6.24. The number of rotatable bonds is 6. The average molecular weight is 343 g/mol. The van der Waals surface area contributed by atoms with E-state index in [4.69, 9.17) is 4.74 Å². The number of para-hydroxylation sites is 1. The highest BCUT2D eigenvalue weighted by atomic mass is 19.1. The van der Waals surface area contributed by atoms with Crippen molar-refractivity contribution >= 4 is 5.91 Å². The smallest absolute Gasteiger partial charge is 0.255 e. The van der Waals surface area contributed by atoms with Crippen LogP contribution in [0.15, 0.2) is 42.6 Å². The number of benzene rings is 1. The van der Waals surface area contributed by atoms with Gasteiger partial charge in [0.15, 0.2) is 11.6 Å². The van der Waals surface area contributed by atoms with Crippen LogP contribution >= 0.6 is 0 Å². The van der Waals surface area contributed by atoms with Gasteiger partial charge in [-0.3, -0.25) is 14.7 Å². The molecule has 1 aliphatic rings. The summed E-state index contributed by atoms with van der Waals surface area (Å²) < 4.78 is 18.7. The Kier molecular flexibility index (Phi) is 5.60. The lowest BCUT2D eigenvalue weighted by Gasteiger charge is -2.16. The van der Waals surface area contributed by atoms with Gasteiger partial charge in [-0.1, -0.05) is 12.1 Å². The third-order valence-corrected chi connectivity index (χ3v) is 4.45. The van der Waals surface area contributed by atoms with Gasteiger partial charge in [0.05, 0.1) is 18.4 Å². The molecule has 132 valence electrons. The number of methoxy groups -OCH3 is 1. The zero-order chi connectivity index (χ0) is 17.6. The lowest BCUT2D eigenvalue weighted by Crippen LogP contribution is -2.31. The van der Waals surface area contributed by atoms with Crippen LogP contribution in [-0.4, -0.2) is 42.5 Å². The van der Waals surface area contributed by atoms with Crippen LogP contribution in [0, 0.1) is 11.7 Å². The van der Waals surface area contributed by atoms with E-state index in [0.717, 1.165) is 31.7 Å². The molecule has 1 amide bonds. The van der Waals surface area contributed by atoms with Crippen molar-refractivity contribution in [1.82, 2.24) is 15.2 Å².